The topological polar surface area (TPSA) is 25.8 Å². The van der Waals surface area contributed by atoms with E-state index in [1.807, 2.05) is 5.51 Å². The van der Waals surface area contributed by atoms with Crippen LogP contribution in [0.3, 0.4) is 0 Å². The van der Waals surface area contributed by atoms with Gasteiger partial charge in [-0.3, -0.25) is 0 Å². The van der Waals surface area contributed by atoms with Crippen LogP contribution in [0.2, 0.25) is 0 Å². The molecular weight excluding hydrogens is 180 g/mol. The van der Waals surface area contributed by atoms with Crippen molar-refractivity contribution in [2.75, 3.05) is 0 Å². The van der Waals surface area contributed by atoms with Gasteiger partial charge in [0, 0.05) is 5.41 Å². The Labute approximate surface area is 83.4 Å². The molecule has 3 heteroatoms. The lowest BCUT2D eigenvalue weighted by Gasteiger charge is -2.21. The van der Waals surface area contributed by atoms with Gasteiger partial charge in [0.1, 0.15) is 10.5 Å². The van der Waals surface area contributed by atoms with Crippen molar-refractivity contribution in [3.8, 4) is 0 Å². The summed E-state index contributed by atoms with van der Waals surface area (Å²) < 4.78 is 0. The van der Waals surface area contributed by atoms with E-state index in [1.165, 1.54) is 30.7 Å². The van der Waals surface area contributed by atoms with Crippen molar-refractivity contribution >= 4 is 11.3 Å². The number of rotatable bonds is 4. The molecule has 1 heterocycles. The van der Waals surface area contributed by atoms with E-state index in [4.69, 9.17) is 0 Å². The SMILES string of the molecule is CCC(CC)C1(c2nncs2)CC1. The van der Waals surface area contributed by atoms with Crippen molar-refractivity contribution in [2.24, 2.45) is 5.92 Å². The molecule has 2 nitrogen and oxygen atoms in total. The maximum atomic E-state index is 4.24. The zero-order chi connectivity index (χ0) is 9.31. The maximum Gasteiger partial charge on any atom is 0.123 e. The lowest BCUT2D eigenvalue weighted by atomic mass is 9.85. The summed E-state index contributed by atoms with van der Waals surface area (Å²) in [6, 6.07) is 0. The summed E-state index contributed by atoms with van der Waals surface area (Å²) in [7, 11) is 0. The molecule has 0 spiro atoms. The summed E-state index contributed by atoms with van der Waals surface area (Å²) in [6.45, 7) is 4.57. The second-order valence-electron chi connectivity index (χ2n) is 3.91. The third-order valence-corrected chi connectivity index (χ3v) is 4.25. The summed E-state index contributed by atoms with van der Waals surface area (Å²) in [4.78, 5) is 0. The predicted octanol–water partition coefficient (Wildman–Crippen LogP) is 3.01. The van der Waals surface area contributed by atoms with E-state index in [9.17, 15) is 0 Å². The van der Waals surface area contributed by atoms with Crippen LogP contribution in [0.15, 0.2) is 5.51 Å². The number of hydrogen-bond acceptors (Lipinski definition) is 3. The highest BCUT2D eigenvalue weighted by molar-refractivity contribution is 7.09. The van der Waals surface area contributed by atoms with Gasteiger partial charge in [-0.25, -0.2) is 0 Å². The summed E-state index contributed by atoms with van der Waals surface area (Å²) in [5.74, 6) is 0.820. The largest absolute Gasteiger partial charge is 0.147 e. The molecule has 1 aliphatic rings. The van der Waals surface area contributed by atoms with Gasteiger partial charge in [0.05, 0.1) is 0 Å². The lowest BCUT2D eigenvalue weighted by Crippen LogP contribution is -2.19. The molecule has 0 aliphatic heterocycles. The first-order chi connectivity index (χ1) is 6.33. The van der Waals surface area contributed by atoms with E-state index in [-0.39, 0.29) is 0 Å². The molecule has 0 bridgehead atoms. The van der Waals surface area contributed by atoms with Crippen molar-refractivity contribution in [2.45, 2.75) is 44.9 Å². The van der Waals surface area contributed by atoms with Crippen LogP contribution in [0.4, 0.5) is 0 Å². The third kappa shape index (κ3) is 1.39. The molecule has 2 rings (SSSR count). The predicted molar refractivity (Wildman–Crippen MR) is 54.9 cm³/mol. The standard InChI is InChI=1S/C10H16N2S/c1-3-8(4-2)10(5-6-10)9-12-11-7-13-9/h7-8H,3-6H2,1-2H3. The average molecular weight is 196 g/mol. The molecule has 0 aromatic carbocycles. The van der Waals surface area contributed by atoms with Crippen LogP contribution in [-0.2, 0) is 5.41 Å². The fourth-order valence-corrected chi connectivity index (χ4v) is 3.29. The van der Waals surface area contributed by atoms with E-state index in [1.54, 1.807) is 11.3 Å². The zero-order valence-electron chi connectivity index (χ0n) is 8.29. The molecular formula is C10H16N2S. The van der Waals surface area contributed by atoms with Crippen LogP contribution in [0.1, 0.15) is 44.5 Å². The van der Waals surface area contributed by atoms with Crippen molar-refractivity contribution in [1.29, 1.82) is 0 Å². The molecule has 0 amide bonds. The van der Waals surface area contributed by atoms with Gasteiger partial charge >= 0.3 is 0 Å². The minimum Gasteiger partial charge on any atom is -0.147 e. The second kappa shape index (κ2) is 3.37. The smallest absolute Gasteiger partial charge is 0.123 e. The lowest BCUT2D eigenvalue weighted by molar-refractivity contribution is 0.376. The van der Waals surface area contributed by atoms with E-state index in [0.717, 1.165) is 5.92 Å². The van der Waals surface area contributed by atoms with Crippen LogP contribution in [0, 0.1) is 5.92 Å². The van der Waals surface area contributed by atoms with Gasteiger partial charge in [-0.15, -0.1) is 21.5 Å². The monoisotopic (exact) mass is 196 g/mol. The third-order valence-electron chi connectivity index (χ3n) is 3.34. The van der Waals surface area contributed by atoms with Crippen LogP contribution < -0.4 is 0 Å². The number of nitrogens with zero attached hydrogens (tertiary/aromatic N) is 2. The Balaban J connectivity index is 2.21. The Morgan fingerprint density at radius 2 is 2.15 bits per heavy atom. The Kier molecular flexibility index (Phi) is 2.37. The van der Waals surface area contributed by atoms with Crippen LogP contribution in [0.5, 0.6) is 0 Å². The molecule has 1 aliphatic carbocycles. The molecule has 72 valence electrons. The fourth-order valence-electron chi connectivity index (χ4n) is 2.39. The minimum atomic E-state index is 0.435. The Morgan fingerprint density at radius 3 is 2.54 bits per heavy atom. The molecule has 0 atom stereocenters. The molecule has 0 saturated heterocycles. The molecule has 1 saturated carbocycles. The first kappa shape index (κ1) is 9.13. The summed E-state index contributed by atoms with van der Waals surface area (Å²) in [6.07, 6.45) is 5.20. The molecule has 13 heavy (non-hydrogen) atoms. The zero-order valence-corrected chi connectivity index (χ0v) is 9.10. The van der Waals surface area contributed by atoms with Gasteiger partial charge in [-0.1, -0.05) is 26.7 Å². The number of hydrogen-bond donors (Lipinski definition) is 0. The normalized spacial score (nSPS) is 19.3. The highest BCUT2D eigenvalue weighted by atomic mass is 32.1. The molecule has 0 radical (unpaired) electrons. The summed E-state index contributed by atoms with van der Waals surface area (Å²) in [5, 5.41) is 9.46. The van der Waals surface area contributed by atoms with Crippen molar-refractivity contribution in [1.82, 2.24) is 10.2 Å². The van der Waals surface area contributed by atoms with E-state index >= 15 is 0 Å². The average Bonchev–Trinajstić information content (AvgIpc) is 2.78. The quantitative estimate of drug-likeness (QED) is 0.739. The van der Waals surface area contributed by atoms with E-state index < -0.39 is 0 Å². The van der Waals surface area contributed by atoms with Crippen molar-refractivity contribution < 1.29 is 0 Å². The minimum absolute atomic E-state index is 0.435. The molecule has 0 unspecified atom stereocenters. The van der Waals surface area contributed by atoms with Gasteiger partial charge in [-0.2, -0.15) is 0 Å². The fraction of sp³-hybridized carbons (Fsp3) is 0.800. The summed E-state index contributed by atoms with van der Waals surface area (Å²) in [5.41, 5.74) is 2.29. The van der Waals surface area contributed by atoms with E-state index in [2.05, 4.69) is 24.0 Å². The molecule has 1 aromatic heterocycles. The summed E-state index contributed by atoms with van der Waals surface area (Å²) >= 11 is 1.73. The molecule has 1 aromatic rings. The second-order valence-corrected chi connectivity index (χ2v) is 4.75. The van der Waals surface area contributed by atoms with Gasteiger partial charge in [0.2, 0.25) is 0 Å². The molecule has 1 fully saturated rings. The van der Waals surface area contributed by atoms with Gasteiger partial charge in [0.15, 0.2) is 0 Å². The first-order valence-corrected chi connectivity index (χ1v) is 5.98. The van der Waals surface area contributed by atoms with Crippen molar-refractivity contribution in [3.05, 3.63) is 10.5 Å². The number of aromatic nitrogens is 2. The van der Waals surface area contributed by atoms with Gasteiger partial charge < -0.3 is 0 Å². The maximum absolute atomic E-state index is 4.24. The van der Waals surface area contributed by atoms with Crippen LogP contribution in [0.25, 0.3) is 0 Å². The highest BCUT2D eigenvalue weighted by Crippen LogP contribution is 2.56. The van der Waals surface area contributed by atoms with E-state index in [0.29, 0.717) is 5.41 Å². The Morgan fingerprint density at radius 1 is 1.46 bits per heavy atom. The Hall–Kier alpha value is -0.440. The molecule has 0 N–H and O–H groups in total. The van der Waals surface area contributed by atoms with Crippen LogP contribution in [-0.4, -0.2) is 10.2 Å². The van der Waals surface area contributed by atoms with Gasteiger partial charge in [-0.05, 0) is 18.8 Å². The van der Waals surface area contributed by atoms with Gasteiger partial charge in [0.25, 0.3) is 0 Å². The van der Waals surface area contributed by atoms with Crippen LogP contribution >= 0.6 is 11.3 Å². The van der Waals surface area contributed by atoms with Crippen molar-refractivity contribution in [3.63, 3.8) is 0 Å². The first-order valence-electron chi connectivity index (χ1n) is 5.10. The Bertz CT molecular complexity index is 260. The highest BCUT2D eigenvalue weighted by Gasteiger charge is 2.51.